The van der Waals surface area contributed by atoms with Crippen LogP contribution >= 0.6 is 0 Å². The molecule has 0 radical (unpaired) electrons. The molecular formula is C28H40O. The van der Waals surface area contributed by atoms with Crippen LogP contribution in [0, 0.1) is 40.4 Å². The Morgan fingerprint density at radius 2 is 1.72 bits per heavy atom. The first-order valence-corrected chi connectivity index (χ1v) is 12.0. The maximum absolute atomic E-state index is 12.0. The van der Waals surface area contributed by atoms with E-state index in [1.54, 1.807) is 11.1 Å². The van der Waals surface area contributed by atoms with E-state index in [1.165, 1.54) is 31.3 Å². The van der Waals surface area contributed by atoms with Crippen molar-refractivity contribution in [3.63, 3.8) is 0 Å². The van der Waals surface area contributed by atoms with Gasteiger partial charge >= 0.3 is 0 Å². The molecule has 29 heavy (non-hydrogen) atoms. The molecule has 0 saturated heterocycles. The van der Waals surface area contributed by atoms with E-state index in [4.69, 9.17) is 0 Å². The summed E-state index contributed by atoms with van der Waals surface area (Å²) in [7, 11) is 0. The van der Waals surface area contributed by atoms with Crippen molar-refractivity contribution in [1.29, 1.82) is 0 Å². The highest BCUT2D eigenvalue weighted by Crippen LogP contribution is 2.63. The monoisotopic (exact) mass is 392 g/mol. The van der Waals surface area contributed by atoms with Gasteiger partial charge in [-0.1, -0.05) is 71.4 Å². The van der Waals surface area contributed by atoms with Crippen molar-refractivity contribution in [2.45, 2.75) is 80.1 Å². The lowest BCUT2D eigenvalue weighted by Crippen LogP contribution is -2.41. The third-order valence-electron chi connectivity index (χ3n) is 9.37. The molecule has 0 spiro atoms. The summed E-state index contributed by atoms with van der Waals surface area (Å²) in [6.07, 6.45) is 18.5. The van der Waals surface area contributed by atoms with Crippen molar-refractivity contribution >= 4 is 5.78 Å². The predicted molar refractivity (Wildman–Crippen MR) is 122 cm³/mol. The Labute approximate surface area is 178 Å². The minimum absolute atomic E-state index is 0.169. The number of carbonyl (C=O) groups excluding carboxylic acids is 1. The number of hydrogen-bond acceptors (Lipinski definition) is 1. The van der Waals surface area contributed by atoms with E-state index in [0.717, 1.165) is 18.8 Å². The fraction of sp³-hybridized carbons (Fsp3) is 0.679. The molecule has 0 aromatic rings. The van der Waals surface area contributed by atoms with Crippen molar-refractivity contribution in [2.75, 3.05) is 0 Å². The topological polar surface area (TPSA) is 17.1 Å². The van der Waals surface area contributed by atoms with E-state index in [9.17, 15) is 4.79 Å². The quantitative estimate of drug-likeness (QED) is 0.454. The van der Waals surface area contributed by atoms with Crippen LogP contribution in [0.5, 0.6) is 0 Å². The standard InChI is InChI=1S/C28H40O/c1-18(2)19(3)7-8-20(4)24-11-12-25-23-10-9-21-17-22(29)13-15-27(21,5)26(23)14-16-28(24,25)6/h7-10,17-20,24,26H,11-16H2,1-6H3/b8-7+/t19-,20+,24+,26-,27-,28+/m0/s1. The molecule has 4 aliphatic carbocycles. The molecular weight excluding hydrogens is 352 g/mol. The molecule has 0 aromatic carbocycles. The highest BCUT2D eigenvalue weighted by Gasteiger charge is 2.53. The Hall–Kier alpha value is -1.37. The van der Waals surface area contributed by atoms with Crippen LogP contribution in [0.3, 0.4) is 0 Å². The van der Waals surface area contributed by atoms with Crippen LogP contribution in [0.25, 0.3) is 0 Å². The molecule has 1 fully saturated rings. The van der Waals surface area contributed by atoms with Gasteiger partial charge in [-0.15, -0.1) is 0 Å². The van der Waals surface area contributed by atoms with Gasteiger partial charge in [-0.3, -0.25) is 4.79 Å². The van der Waals surface area contributed by atoms with Crippen LogP contribution in [-0.2, 0) is 4.79 Å². The first kappa shape index (κ1) is 20.9. The van der Waals surface area contributed by atoms with Crippen LogP contribution < -0.4 is 0 Å². The fourth-order valence-corrected chi connectivity index (χ4v) is 6.91. The van der Waals surface area contributed by atoms with E-state index in [1.807, 2.05) is 6.08 Å². The van der Waals surface area contributed by atoms with Gasteiger partial charge in [0, 0.05) is 6.42 Å². The summed E-state index contributed by atoms with van der Waals surface area (Å²) < 4.78 is 0. The minimum atomic E-state index is 0.169. The van der Waals surface area contributed by atoms with E-state index < -0.39 is 0 Å². The van der Waals surface area contributed by atoms with E-state index >= 15 is 0 Å². The van der Waals surface area contributed by atoms with Gasteiger partial charge in [0.25, 0.3) is 0 Å². The maximum Gasteiger partial charge on any atom is 0.156 e. The number of carbonyl (C=O) groups is 1. The first-order valence-electron chi connectivity index (χ1n) is 12.0. The molecule has 1 nitrogen and oxygen atoms in total. The Kier molecular flexibility index (Phi) is 5.33. The van der Waals surface area contributed by atoms with E-state index in [2.05, 4.69) is 65.8 Å². The molecule has 0 N–H and O–H groups in total. The smallest absolute Gasteiger partial charge is 0.156 e. The lowest BCUT2D eigenvalue weighted by atomic mass is 9.53. The summed E-state index contributed by atoms with van der Waals surface area (Å²) in [5, 5.41) is 0. The van der Waals surface area contributed by atoms with Crippen LogP contribution in [-0.4, -0.2) is 5.78 Å². The molecule has 0 unspecified atom stereocenters. The Morgan fingerprint density at radius 1 is 0.966 bits per heavy atom. The molecule has 158 valence electrons. The first-order chi connectivity index (χ1) is 13.7. The van der Waals surface area contributed by atoms with Gasteiger partial charge in [0.15, 0.2) is 5.78 Å². The largest absolute Gasteiger partial charge is 0.295 e. The lowest BCUT2D eigenvalue weighted by molar-refractivity contribution is -0.116. The molecule has 0 amide bonds. The summed E-state index contributed by atoms with van der Waals surface area (Å²) >= 11 is 0. The van der Waals surface area contributed by atoms with Gasteiger partial charge in [-0.05, 0) is 89.7 Å². The van der Waals surface area contributed by atoms with Crippen LogP contribution in [0.1, 0.15) is 80.1 Å². The number of hydrogen-bond donors (Lipinski definition) is 0. The molecule has 1 heteroatoms. The Balaban J connectivity index is 1.65. The number of allylic oxidation sites excluding steroid dienone is 8. The second-order valence-electron chi connectivity index (χ2n) is 11.3. The molecule has 0 bridgehead atoms. The minimum Gasteiger partial charge on any atom is -0.295 e. The molecule has 4 aliphatic rings. The molecule has 0 heterocycles. The van der Waals surface area contributed by atoms with Crippen molar-refractivity contribution in [1.82, 2.24) is 0 Å². The summed E-state index contributed by atoms with van der Waals surface area (Å²) in [6, 6.07) is 0. The third kappa shape index (κ3) is 3.33. The van der Waals surface area contributed by atoms with Crippen LogP contribution in [0.4, 0.5) is 0 Å². The highest BCUT2D eigenvalue weighted by atomic mass is 16.1. The van der Waals surface area contributed by atoms with Crippen molar-refractivity contribution in [3.8, 4) is 0 Å². The van der Waals surface area contributed by atoms with Gasteiger partial charge in [0.2, 0.25) is 0 Å². The summed E-state index contributed by atoms with van der Waals surface area (Å²) in [6.45, 7) is 14.4. The van der Waals surface area contributed by atoms with Gasteiger partial charge in [0.05, 0.1) is 0 Å². The van der Waals surface area contributed by atoms with Gasteiger partial charge < -0.3 is 0 Å². The second-order valence-corrected chi connectivity index (χ2v) is 11.3. The van der Waals surface area contributed by atoms with Crippen molar-refractivity contribution in [3.05, 3.63) is 47.1 Å². The fourth-order valence-electron chi connectivity index (χ4n) is 6.91. The SMILES string of the molecule is CC(C)[C@@H](C)/C=C/[C@@H](C)[C@H]1CCC2=C3C=CC4=CC(=O)CC[C@]4(C)[C@H]3CC[C@@]21C. The second kappa shape index (κ2) is 7.40. The zero-order valence-electron chi connectivity index (χ0n) is 19.4. The van der Waals surface area contributed by atoms with Crippen LogP contribution in [0.15, 0.2) is 47.1 Å². The number of rotatable bonds is 4. The summed E-state index contributed by atoms with van der Waals surface area (Å²) in [5.41, 5.74) is 5.21. The van der Waals surface area contributed by atoms with E-state index in [0.29, 0.717) is 34.9 Å². The van der Waals surface area contributed by atoms with Crippen LogP contribution in [0.2, 0.25) is 0 Å². The van der Waals surface area contributed by atoms with Gasteiger partial charge in [-0.25, -0.2) is 0 Å². The zero-order chi connectivity index (χ0) is 21.0. The zero-order valence-corrected chi connectivity index (χ0v) is 19.4. The highest BCUT2D eigenvalue weighted by molar-refractivity contribution is 5.92. The Bertz CT molecular complexity index is 806. The molecule has 0 aromatic heterocycles. The van der Waals surface area contributed by atoms with E-state index in [-0.39, 0.29) is 5.41 Å². The number of ketones is 1. The lowest BCUT2D eigenvalue weighted by Gasteiger charge is -2.51. The summed E-state index contributed by atoms with van der Waals surface area (Å²) in [5.74, 6) is 3.69. The molecule has 0 aliphatic heterocycles. The number of fused-ring (bicyclic) bond motifs is 4. The normalized spacial score (nSPS) is 38.7. The maximum atomic E-state index is 12.0. The molecule has 4 rings (SSSR count). The molecule has 6 atom stereocenters. The predicted octanol–water partition coefficient (Wildman–Crippen LogP) is 7.46. The summed E-state index contributed by atoms with van der Waals surface area (Å²) in [4.78, 5) is 12.0. The average Bonchev–Trinajstić information content (AvgIpc) is 3.03. The average molecular weight is 393 g/mol. The molecule has 1 saturated carbocycles. The third-order valence-corrected chi connectivity index (χ3v) is 9.37. The Morgan fingerprint density at radius 3 is 2.45 bits per heavy atom. The van der Waals surface area contributed by atoms with Crippen molar-refractivity contribution in [2.24, 2.45) is 40.4 Å². The van der Waals surface area contributed by atoms with Gasteiger partial charge in [0.1, 0.15) is 0 Å². The van der Waals surface area contributed by atoms with Gasteiger partial charge in [-0.2, -0.15) is 0 Å². The van der Waals surface area contributed by atoms with Crippen molar-refractivity contribution < 1.29 is 4.79 Å².